The van der Waals surface area contributed by atoms with Crippen molar-refractivity contribution >= 4 is 15.8 Å². The molecule has 8 heteroatoms. The summed E-state index contributed by atoms with van der Waals surface area (Å²) in [6.45, 7) is 4.31. The first-order valence-corrected chi connectivity index (χ1v) is 7.46. The number of hydrogen-bond acceptors (Lipinski definition) is 5. The second-order valence-corrected chi connectivity index (χ2v) is 6.01. The van der Waals surface area contributed by atoms with Crippen molar-refractivity contribution in [3.63, 3.8) is 0 Å². The van der Waals surface area contributed by atoms with E-state index in [1.807, 2.05) is 13.8 Å². The number of hydrogen-bond donors (Lipinski definition) is 2. The summed E-state index contributed by atoms with van der Waals surface area (Å²) in [6.07, 6.45) is 4.24. The molecule has 1 heterocycles. The smallest absolute Gasteiger partial charge is 0.293 e. The molecule has 0 bridgehead atoms. The van der Waals surface area contributed by atoms with E-state index in [0.29, 0.717) is 6.54 Å². The lowest BCUT2D eigenvalue weighted by Crippen LogP contribution is -2.31. The van der Waals surface area contributed by atoms with Gasteiger partial charge in [-0.1, -0.05) is 0 Å². The van der Waals surface area contributed by atoms with E-state index in [0.717, 1.165) is 6.26 Å². The van der Waals surface area contributed by atoms with Crippen LogP contribution >= 0.6 is 0 Å². The Morgan fingerprint density at radius 1 is 1.39 bits per heavy atom. The van der Waals surface area contributed by atoms with Crippen LogP contribution in [0.15, 0.2) is 17.2 Å². The molecule has 0 fully saturated rings. The largest absolute Gasteiger partial charge is 0.364 e. The van der Waals surface area contributed by atoms with E-state index in [2.05, 4.69) is 15.0 Å². The Hall–Kier alpha value is -1.41. The Morgan fingerprint density at radius 3 is 2.61 bits per heavy atom. The summed E-state index contributed by atoms with van der Waals surface area (Å²) in [5, 5.41) is 2.81. The SMILES string of the molecule is CC(C)n1ccnc(NCCNS(C)(=O)=O)c1=O. The molecular weight excluding hydrogens is 256 g/mol. The first-order valence-electron chi connectivity index (χ1n) is 5.57. The molecule has 0 saturated carbocycles. The predicted molar refractivity (Wildman–Crippen MR) is 70.2 cm³/mol. The highest BCUT2D eigenvalue weighted by Crippen LogP contribution is 2.00. The fourth-order valence-electron chi connectivity index (χ4n) is 1.37. The Balaban J connectivity index is 2.64. The Labute approximate surface area is 106 Å². The molecule has 0 saturated heterocycles. The number of nitrogens with one attached hydrogen (secondary N) is 2. The summed E-state index contributed by atoms with van der Waals surface area (Å²) in [7, 11) is -3.20. The van der Waals surface area contributed by atoms with Gasteiger partial charge < -0.3 is 9.88 Å². The molecule has 1 rings (SSSR count). The van der Waals surface area contributed by atoms with Crippen LogP contribution in [-0.4, -0.2) is 37.3 Å². The normalized spacial score (nSPS) is 11.8. The maximum atomic E-state index is 11.9. The average molecular weight is 274 g/mol. The van der Waals surface area contributed by atoms with Crippen LogP contribution in [0.5, 0.6) is 0 Å². The highest BCUT2D eigenvalue weighted by Gasteiger charge is 2.06. The van der Waals surface area contributed by atoms with Crippen molar-refractivity contribution < 1.29 is 8.42 Å². The third kappa shape index (κ3) is 4.46. The summed E-state index contributed by atoms with van der Waals surface area (Å²) in [6, 6.07) is 0.0511. The number of sulfonamides is 1. The van der Waals surface area contributed by atoms with E-state index < -0.39 is 10.0 Å². The van der Waals surface area contributed by atoms with Gasteiger partial charge in [0.2, 0.25) is 10.0 Å². The van der Waals surface area contributed by atoms with E-state index in [9.17, 15) is 13.2 Å². The molecule has 7 nitrogen and oxygen atoms in total. The van der Waals surface area contributed by atoms with E-state index in [-0.39, 0.29) is 24.0 Å². The molecule has 102 valence electrons. The number of nitrogens with zero attached hydrogens (tertiary/aromatic N) is 2. The molecule has 0 radical (unpaired) electrons. The van der Waals surface area contributed by atoms with Crippen molar-refractivity contribution in [1.82, 2.24) is 14.3 Å². The number of rotatable bonds is 6. The highest BCUT2D eigenvalue weighted by atomic mass is 32.2. The lowest BCUT2D eigenvalue weighted by atomic mass is 10.4. The summed E-state index contributed by atoms with van der Waals surface area (Å²) >= 11 is 0. The standard InChI is InChI=1S/C10H18N4O3S/c1-8(2)14-7-6-12-9(10(14)15)11-4-5-13-18(3,16)17/h6-8,13H,4-5H2,1-3H3,(H,11,12). The van der Waals surface area contributed by atoms with Crippen LogP contribution < -0.4 is 15.6 Å². The quantitative estimate of drug-likeness (QED) is 0.700. The summed E-state index contributed by atoms with van der Waals surface area (Å²) < 4.78 is 25.5. The molecule has 0 spiro atoms. The van der Waals surface area contributed by atoms with Gasteiger partial charge in [0.1, 0.15) is 0 Å². The van der Waals surface area contributed by atoms with Gasteiger partial charge in [-0.15, -0.1) is 0 Å². The molecular formula is C10H18N4O3S. The molecule has 2 N–H and O–H groups in total. The van der Waals surface area contributed by atoms with Gasteiger partial charge in [0, 0.05) is 31.5 Å². The van der Waals surface area contributed by atoms with E-state index in [1.165, 1.54) is 6.20 Å². The minimum Gasteiger partial charge on any atom is -0.364 e. The van der Waals surface area contributed by atoms with Crippen LogP contribution in [-0.2, 0) is 10.0 Å². The van der Waals surface area contributed by atoms with Crippen LogP contribution in [0.1, 0.15) is 19.9 Å². The van der Waals surface area contributed by atoms with E-state index >= 15 is 0 Å². The number of aromatic nitrogens is 2. The molecule has 0 amide bonds. The highest BCUT2D eigenvalue weighted by molar-refractivity contribution is 7.88. The molecule has 18 heavy (non-hydrogen) atoms. The molecule has 1 aromatic heterocycles. The van der Waals surface area contributed by atoms with Crippen LogP contribution in [0.4, 0.5) is 5.82 Å². The van der Waals surface area contributed by atoms with E-state index in [1.54, 1.807) is 10.8 Å². The van der Waals surface area contributed by atoms with Crippen molar-refractivity contribution in [2.45, 2.75) is 19.9 Å². The zero-order valence-electron chi connectivity index (χ0n) is 10.7. The lowest BCUT2D eigenvalue weighted by molar-refractivity contribution is 0.575. The first-order chi connectivity index (χ1) is 8.31. The van der Waals surface area contributed by atoms with Crippen molar-refractivity contribution in [3.05, 3.63) is 22.7 Å². The van der Waals surface area contributed by atoms with Gasteiger partial charge in [-0.25, -0.2) is 18.1 Å². The Morgan fingerprint density at radius 2 is 2.06 bits per heavy atom. The zero-order chi connectivity index (χ0) is 13.8. The molecule has 0 aromatic carbocycles. The Kier molecular flexibility index (Phi) is 4.85. The first kappa shape index (κ1) is 14.7. The second-order valence-electron chi connectivity index (χ2n) is 4.18. The Bertz CT molecular complexity index is 550. The third-order valence-corrected chi connectivity index (χ3v) is 2.93. The molecule has 0 unspecified atom stereocenters. The van der Waals surface area contributed by atoms with Gasteiger partial charge in [-0.3, -0.25) is 4.79 Å². The topological polar surface area (TPSA) is 93.1 Å². The minimum atomic E-state index is -3.20. The van der Waals surface area contributed by atoms with Gasteiger partial charge >= 0.3 is 0 Å². The van der Waals surface area contributed by atoms with Crippen molar-refractivity contribution in [3.8, 4) is 0 Å². The van der Waals surface area contributed by atoms with Crippen LogP contribution in [0.2, 0.25) is 0 Å². The van der Waals surface area contributed by atoms with Crippen molar-refractivity contribution in [2.24, 2.45) is 0 Å². The molecule has 0 aliphatic carbocycles. The van der Waals surface area contributed by atoms with Crippen LogP contribution in [0.25, 0.3) is 0 Å². The van der Waals surface area contributed by atoms with Gasteiger partial charge in [-0.2, -0.15) is 0 Å². The maximum absolute atomic E-state index is 11.9. The summed E-state index contributed by atoms with van der Waals surface area (Å²) in [5.41, 5.74) is -0.216. The maximum Gasteiger partial charge on any atom is 0.293 e. The molecule has 0 atom stereocenters. The zero-order valence-corrected chi connectivity index (χ0v) is 11.5. The van der Waals surface area contributed by atoms with E-state index in [4.69, 9.17) is 0 Å². The van der Waals surface area contributed by atoms with Gasteiger partial charge in [0.05, 0.1) is 6.26 Å². The average Bonchev–Trinajstić information content (AvgIpc) is 2.24. The second kappa shape index (κ2) is 5.96. The van der Waals surface area contributed by atoms with Gasteiger partial charge in [0.15, 0.2) is 5.82 Å². The number of anilines is 1. The van der Waals surface area contributed by atoms with Crippen molar-refractivity contribution in [1.29, 1.82) is 0 Å². The minimum absolute atomic E-state index is 0.0511. The molecule has 1 aromatic rings. The van der Waals surface area contributed by atoms with Gasteiger partial charge in [-0.05, 0) is 13.8 Å². The monoisotopic (exact) mass is 274 g/mol. The van der Waals surface area contributed by atoms with Crippen molar-refractivity contribution in [2.75, 3.05) is 24.7 Å². The fraction of sp³-hybridized carbons (Fsp3) is 0.600. The molecule has 0 aliphatic heterocycles. The van der Waals surface area contributed by atoms with Crippen LogP contribution in [0.3, 0.4) is 0 Å². The molecule has 0 aliphatic rings. The third-order valence-electron chi connectivity index (χ3n) is 2.21. The lowest BCUT2D eigenvalue weighted by Gasteiger charge is -2.11. The summed E-state index contributed by atoms with van der Waals surface area (Å²) in [4.78, 5) is 15.8. The fourth-order valence-corrected chi connectivity index (χ4v) is 1.84. The predicted octanol–water partition coefficient (Wildman–Crippen LogP) is -0.215. The van der Waals surface area contributed by atoms with Crippen LogP contribution in [0, 0.1) is 0 Å². The van der Waals surface area contributed by atoms with Gasteiger partial charge in [0.25, 0.3) is 5.56 Å². The summed E-state index contributed by atoms with van der Waals surface area (Å²) in [5.74, 6) is 0.224.